The van der Waals surface area contributed by atoms with Gasteiger partial charge in [0.15, 0.2) is 0 Å². The van der Waals surface area contributed by atoms with Crippen molar-refractivity contribution >= 4 is 13.8 Å². The summed E-state index contributed by atoms with van der Waals surface area (Å²) in [6.45, 7) is 0. The van der Waals surface area contributed by atoms with E-state index in [1.165, 1.54) is 12.1 Å². The van der Waals surface area contributed by atoms with E-state index in [1.807, 2.05) is 0 Å². The van der Waals surface area contributed by atoms with Gasteiger partial charge in [-0.2, -0.15) is 5.12 Å². The summed E-state index contributed by atoms with van der Waals surface area (Å²) >= 11 is 0. The Balaban J connectivity index is 2.93. The van der Waals surface area contributed by atoms with Crippen LogP contribution in [0.4, 0.5) is 0 Å². The Kier molecular flexibility index (Phi) is 6.69. The second kappa shape index (κ2) is 7.87. The first-order chi connectivity index (χ1) is 10.5. The molecule has 0 aliphatic heterocycles. The number of hydrogen-bond donors (Lipinski definition) is 3. The summed E-state index contributed by atoms with van der Waals surface area (Å²) in [4.78, 5) is 29.1. The number of nitrogens with zero attached hydrogens (tertiary/aromatic N) is 3. The van der Waals surface area contributed by atoms with Crippen LogP contribution in [0.15, 0.2) is 24.3 Å². The highest BCUT2D eigenvalue weighted by Crippen LogP contribution is 2.37. The number of rotatable bonds is 8. The van der Waals surface area contributed by atoms with Gasteiger partial charge in [-0.15, -0.1) is 0 Å². The Morgan fingerprint density at radius 2 is 1.61 bits per heavy atom. The average molecular weight is 347 g/mol. The van der Waals surface area contributed by atoms with Crippen molar-refractivity contribution in [2.75, 3.05) is 28.2 Å². The van der Waals surface area contributed by atoms with Crippen LogP contribution in [0.1, 0.15) is 5.56 Å². The van der Waals surface area contributed by atoms with E-state index in [0.29, 0.717) is 5.56 Å². The SMILES string of the molecule is CN(C)N([C@@H](Cc1ccc(OP(=O)(O)O)cc1)C(=O)O)N(C)C. The Bertz CT molecular complexity index is 564. The second-order valence-corrected chi connectivity index (χ2v) is 6.46. The largest absolute Gasteiger partial charge is 0.524 e. The Morgan fingerprint density at radius 1 is 1.13 bits per heavy atom. The summed E-state index contributed by atoms with van der Waals surface area (Å²) in [7, 11) is 2.37. The molecule has 9 nitrogen and oxygen atoms in total. The van der Waals surface area contributed by atoms with Gasteiger partial charge in [0.25, 0.3) is 0 Å². The highest BCUT2D eigenvalue weighted by molar-refractivity contribution is 7.46. The van der Waals surface area contributed by atoms with Crippen LogP contribution in [-0.4, -0.2) is 70.2 Å². The van der Waals surface area contributed by atoms with Crippen molar-refractivity contribution in [3.63, 3.8) is 0 Å². The van der Waals surface area contributed by atoms with Crippen LogP contribution < -0.4 is 4.52 Å². The van der Waals surface area contributed by atoms with E-state index in [4.69, 9.17) is 9.79 Å². The molecule has 0 radical (unpaired) electrons. The predicted octanol–water partition coefficient (Wildman–Crippen LogP) is 0.409. The van der Waals surface area contributed by atoms with E-state index in [9.17, 15) is 14.5 Å². The van der Waals surface area contributed by atoms with Gasteiger partial charge >= 0.3 is 13.8 Å². The van der Waals surface area contributed by atoms with Crippen molar-refractivity contribution in [2.24, 2.45) is 0 Å². The van der Waals surface area contributed by atoms with E-state index in [-0.39, 0.29) is 12.2 Å². The zero-order valence-corrected chi connectivity index (χ0v) is 14.3. The number of carbonyl (C=O) groups is 1. The molecule has 0 spiro atoms. The van der Waals surface area contributed by atoms with Crippen molar-refractivity contribution < 1.29 is 28.8 Å². The molecule has 10 heteroatoms. The van der Waals surface area contributed by atoms with Gasteiger partial charge in [0.05, 0.1) is 0 Å². The normalized spacial score (nSPS) is 13.6. The molecule has 0 aromatic heterocycles. The van der Waals surface area contributed by atoms with Gasteiger partial charge < -0.3 is 9.63 Å². The van der Waals surface area contributed by atoms with Crippen molar-refractivity contribution in [3.8, 4) is 5.75 Å². The number of carboxylic acids is 1. The summed E-state index contributed by atoms with van der Waals surface area (Å²) in [6.07, 6.45) is 0.210. The molecule has 3 N–H and O–H groups in total. The molecular weight excluding hydrogens is 325 g/mol. The highest BCUT2D eigenvalue weighted by atomic mass is 31.2. The molecule has 0 bridgehead atoms. The summed E-state index contributed by atoms with van der Waals surface area (Å²) in [6, 6.07) is 5.11. The Hall–Kier alpha value is -1.48. The Labute approximate surface area is 134 Å². The first-order valence-electron chi connectivity index (χ1n) is 6.72. The van der Waals surface area contributed by atoms with Gasteiger partial charge in [-0.05, 0) is 17.7 Å². The zero-order valence-electron chi connectivity index (χ0n) is 13.4. The van der Waals surface area contributed by atoms with Crippen molar-refractivity contribution in [1.82, 2.24) is 15.1 Å². The van der Waals surface area contributed by atoms with Crippen LogP contribution in [0.5, 0.6) is 5.75 Å². The second-order valence-electron chi connectivity index (χ2n) is 5.30. The highest BCUT2D eigenvalue weighted by Gasteiger charge is 2.29. The number of hydrogen-bond acceptors (Lipinski definition) is 6. The standard InChI is InChI=1S/C13H22N3O6P/c1-14(2)16(15(3)4)12(13(17)18)9-10-5-7-11(8-6-10)22-23(19,20)21/h5-8,12H,9H2,1-4H3,(H,17,18)(H2,19,20,21)/t12-/m0/s1. The minimum absolute atomic E-state index is 0.0195. The Morgan fingerprint density at radius 3 is 1.96 bits per heavy atom. The summed E-state index contributed by atoms with van der Waals surface area (Å²) in [5.41, 5.74) is 0.698. The molecule has 1 atom stereocenters. The van der Waals surface area contributed by atoms with E-state index >= 15 is 0 Å². The number of benzene rings is 1. The lowest BCUT2D eigenvalue weighted by molar-refractivity contribution is -0.187. The third kappa shape index (κ3) is 6.26. The van der Waals surface area contributed by atoms with Gasteiger partial charge in [0.1, 0.15) is 11.8 Å². The van der Waals surface area contributed by atoms with Crippen LogP contribution in [0.25, 0.3) is 0 Å². The molecular formula is C13H22N3O6P. The molecule has 1 aromatic carbocycles. The molecule has 23 heavy (non-hydrogen) atoms. The molecule has 0 saturated heterocycles. The average Bonchev–Trinajstić information content (AvgIpc) is 2.37. The molecule has 1 aromatic rings. The van der Waals surface area contributed by atoms with Gasteiger partial charge in [0.2, 0.25) is 0 Å². The van der Waals surface area contributed by atoms with Gasteiger partial charge in [-0.1, -0.05) is 12.1 Å². The van der Waals surface area contributed by atoms with E-state index in [2.05, 4.69) is 4.52 Å². The summed E-state index contributed by atoms with van der Waals surface area (Å²) in [5, 5.41) is 14.4. The van der Waals surface area contributed by atoms with Crippen molar-refractivity contribution in [1.29, 1.82) is 0 Å². The van der Waals surface area contributed by atoms with Gasteiger partial charge in [-0.3, -0.25) is 14.6 Å². The number of phosphoric ester groups is 1. The number of hydrazine groups is 2. The molecule has 0 aliphatic carbocycles. The number of aliphatic carboxylic acids is 1. The monoisotopic (exact) mass is 347 g/mol. The third-order valence-corrected chi connectivity index (χ3v) is 3.41. The topological polar surface area (TPSA) is 114 Å². The summed E-state index contributed by atoms with van der Waals surface area (Å²) in [5.74, 6) is -0.964. The lowest BCUT2D eigenvalue weighted by Gasteiger charge is -2.38. The van der Waals surface area contributed by atoms with E-state index in [1.54, 1.807) is 55.5 Å². The maximum Gasteiger partial charge on any atom is 0.524 e. The fourth-order valence-electron chi connectivity index (χ4n) is 2.23. The maximum atomic E-state index is 11.6. The minimum atomic E-state index is -4.60. The van der Waals surface area contributed by atoms with E-state index in [0.717, 1.165) is 0 Å². The molecule has 0 unspecified atom stereocenters. The van der Waals surface area contributed by atoms with Crippen molar-refractivity contribution in [2.45, 2.75) is 12.5 Å². The van der Waals surface area contributed by atoms with E-state index < -0.39 is 19.8 Å². The molecule has 0 aliphatic rings. The number of phosphoric acid groups is 1. The first kappa shape index (κ1) is 19.6. The fraction of sp³-hybridized carbons (Fsp3) is 0.462. The molecule has 1 rings (SSSR count). The van der Waals surface area contributed by atoms with Crippen LogP contribution in [0.3, 0.4) is 0 Å². The first-order valence-corrected chi connectivity index (χ1v) is 8.25. The molecule has 0 heterocycles. The third-order valence-electron chi connectivity index (χ3n) is 2.96. The molecule has 0 amide bonds. The fourth-order valence-corrected chi connectivity index (χ4v) is 2.63. The van der Waals surface area contributed by atoms with Crippen LogP contribution >= 0.6 is 7.82 Å². The van der Waals surface area contributed by atoms with Crippen molar-refractivity contribution in [3.05, 3.63) is 29.8 Å². The smallest absolute Gasteiger partial charge is 0.480 e. The molecule has 130 valence electrons. The van der Waals surface area contributed by atoms with Crippen LogP contribution in [-0.2, 0) is 15.8 Å². The van der Waals surface area contributed by atoms with Gasteiger partial charge in [-0.25, -0.2) is 14.6 Å². The van der Waals surface area contributed by atoms with Gasteiger partial charge in [0, 0.05) is 34.6 Å². The maximum absolute atomic E-state index is 11.6. The summed E-state index contributed by atoms with van der Waals surface area (Å²) < 4.78 is 15.2. The molecule has 0 fully saturated rings. The lowest BCUT2D eigenvalue weighted by Crippen LogP contribution is -2.56. The predicted molar refractivity (Wildman–Crippen MR) is 83.5 cm³/mol. The van der Waals surface area contributed by atoms with Crippen LogP contribution in [0.2, 0.25) is 0 Å². The zero-order chi connectivity index (χ0) is 17.8. The lowest BCUT2D eigenvalue weighted by atomic mass is 10.1. The number of carboxylic acid groups (broad SMARTS) is 1. The minimum Gasteiger partial charge on any atom is -0.480 e. The van der Waals surface area contributed by atoms with Crippen LogP contribution in [0, 0.1) is 0 Å². The molecule has 0 saturated carbocycles. The quantitative estimate of drug-likeness (QED) is 0.454.